The molecule has 1 atom stereocenters. The highest BCUT2D eigenvalue weighted by molar-refractivity contribution is 5.93. The molecule has 0 bridgehead atoms. The van der Waals surface area contributed by atoms with Gasteiger partial charge in [-0.3, -0.25) is 20.0 Å². The number of ether oxygens (including phenoxy) is 1. The number of nitrogens with one attached hydrogen (secondary N) is 1. The molecule has 2 aromatic rings. The van der Waals surface area contributed by atoms with Gasteiger partial charge >= 0.3 is 0 Å². The van der Waals surface area contributed by atoms with Gasteiger partial charge < -0.3 is 9.26 Å². The molecule has 3 rings (SSSR count). The predicted octanol–water partition coefficient (Wildman–Crippen LogP) is 1.64. The van der Waals surface area contributed by atoms with Gasteiger partial charge in [0.1, 0.15) is 6.10 Å². The fourth-order valence-corrected chi connectivity index (χ4v) is 2.71. The molecular weight excluding hydrogens is 310 g/mol. The number of likely N-dealkylation sites (tertiary alicyclic amines) is 1. The number of carbonyl (C=O) groups excluding carboxylic acids is 1. The van der Waals surface area contributed by atoms with Crippen LogP contribution in [0.4, 0.5) is 5.88 Å². The van der Waals surface area contributed by atoms with Crippen LogP contribution in [-0.2, 0) is 4.79 Å². The first-order valence-corrected chi connectivity index (χ1v) is 8.02. The quantitative estimate of drug-likeness (QED) is 0.890. The van der Waals surface area contributed by atoms with Gasteiger partial charge in [-0.15, -0.1) is 0 Å². The molecule has 24 heavy (non-hydrogen) atoms. The van der Waals surface area contributed by atoms with E-state index >= 15 is 0 Å². The Hall–Kier alpha value is -2.48. The van der Waals surface area contributed by atoms with Crippen LogP contribution in [0.15, 0.2) is 29.2 Å². The Labute approximate surface area is 140 Å². The van der Waals surface area contributed by atoms with Crippen molar-refractivity contribution in [3.8, 4) is 5.88 Å². The van der Waals surface area contributed by atoms with E-state index in [1.165, 1.54) is 0 Å². The van der Waals surface area contributed by atoms with Gasteiger partial charge in [0.15, 0.2) is 0 Å². The van der Waals surface area contributed by atoms with Crippen molar-refractivity contribution in [1.29, 1.82) is 0 Å². The fourth-order valence-electron chi connectivity index (χ4n) is 2.71. The second kappa shape index (κ2) is 7.39. The maximum atomic E-state index is 12.3. The zero-order valence-electron chi connectivity index (χ0n) is 13.8. The molecule has 8 nitrogen and oxygen atoms in total. The van der Waals surface area contributed by atoms with Gasteiger partial charge in [-0.1, -0.05) is 5.16 Å². The first kappa shape index (κ1) is 16.4. The summed E-state index contributed by atoms with van der Waals surface area (Å²) >= 11 is 0. The van der Waals surface area contributed by atoms with E-state index in [0.717, 1.165) is 31.6 Å². The summed E-state index contributed by atoms with van der Waals surface area (Å²) in [6, 6.07) is 1.46. The predicted molar refractivity (Wildman–Crippen MR) is 86.6 cm³/mol. The topological polar surface area (TPSA) is 93.4 Å². The second-order valence-electron chi connectivity index (χ2n) is 5.89. The molecule has 2 aromatic heterocycles. The summed E-state index contributed by atoms with van der Waals surface area (Å²) in [5.74, 6) is 0.826. The minimum Gasteiger partial charge on any atom is -0.473 e. The van der Waals surface area contributed by atoms with Crippen LogP contribution in [0.3, 0.4) is 0 Å². The molecule has 1 saturated heterocycles. The molecule has 1 aliphatic rings. The number of piperidine rings is 1. The number of aryl methyl sites for hydroxylation is 1. The molecule has 3 heterocycles. The van der Waals surface area contributed by atoms with Crippen molar-refractivity contribution in [2.75, 3.05) is 18.4 Å². The number of nitrogens with zero attached hydrogens (tertiary/aromatic N) is 4. The molecule has 1 fully saturated rings. The Morgan fingerprint density at radius 3 is 2.83 bits per heavy atom. The first-order chi connectivity index (χ1) is 11.6. The number of hydrogen-bond acceptors (Lipinski definition) is 7. The second-order valence-corrected chi connectivity index (χ2v) is 5.89. The third-order valence-electron chi connectivity index (χ3n) is 4.11. The highest BCUT2D eigenvalue weighted by Gasteiger charge is 2.28. The zero-order chi connectivity index (χ0) is 16.9. The molecule has 1 amide bonds. The van der Waals surface area contributed by atoms with Crippen molar-refractivity contribution < 1.29 is 14.1 Å². The number of carbonyl (C=O) groups is 1. The number of hydrogen-bond donors (Lipinski definition) is 1. The molecule has 0 aliphatic carbocycles. The smallest absolute Gasteiger partial charge is 0.243 e. The lowest BCUT2D eigenvalue weighted by Crippen LogP contribution is -2.47. The van der Waals surface area contributed by atoms with Gasteiger partial charge in [0.2, 0.25) is 17.7 Å². The highest BCUT2D eigenvalue weighted by atomic mass is 16.5. The van der Waals surface area contributed by atoms with Crippen molar-refractivity contribution in [2.24, 2.45) is 0 Å². The lowest BCUT2D eigenvalue weighted by atomic mass is 10.1. The Kier molecular flexibility index (Phi) is 5.05. The van der Waals surface area contributed by atoms with Gasteiger partial charge in [0.05, 0.1) is 17.9 Å². The summed E-state index contributed by atoms with van der Waals surface area (Å²) < 4.78 is 10.8. The zero-order valence-corrected chi connectivity index (χ0v) is 13.8. The monoisotopic (exact) mass is 331 g/mol. The first-order valence-electron chi connectivity index (χ1n) is 8.02. The Bertz CT molecular complexity index is 667. The Balaban J connectivity index is 1.47. The van der Waals surface area contributed by atoms with Gasteiger partial charge in [0, 0.05) is 31.5 Å². The van der Waals surface area contributed by atoms with Crippen LogP contribution in [-0.4, -0.2) is 51.2 Å². The molecule has 8 heteroatoms. The fraction of sp³-hybridized carbons (Fsp3) is 0.500. The van der Waals surface area contributed by atoms with Crippen LogP contribution < -0.4 is 10.1 Å². The van der Waals surface area contributed by atoms with E-state index in [0.29, 0.717) is 11.8 Å². The van der Waals surface area contributed by atoms with Crippen LogP contribution >= 0.6 is 0 Å². The minimum absolute atomic E-state index is 0.0977. The number of rotatable bonds is 5. The van der Waals surface area contributed by atoms with Gasteiger partial charge in [-0.05, 0) is 26.7 Å². The number of aromatic nitrogens is 3. The normalized spacial score (nSPS) is 17.4. The third kappa shape index (κ3) is 4.08. The lowest BCUT2D eigenvalue weighted by molar-refractivity contribution is -0.121. The van der Waals surface area contributed by atoms with E-state index in [1.807, 2.05) is 13.8 Å². The van der Waals surface area contributed by atoms with E-state index in [1.54, 1.807) is 24.7 Å². The van der Waals surface area contributed by atoms with Gasteiger partial charge in [-0.25, -0.2) is 4.98 Å². The number of amides is 1. The van der Waals surface area contributed by atoms with E-state index < -0.39 is 0 Å². The van der Waals surface area contributed by atoms with E-state index in [2.05, 4.69) is 25.3 Å². The summed E-state index contributed by atoms with van der Waals surface area (Å²) in [6.07, 6.45) is 6.63. The van der Waals surface area contributed by atoms with E-state index in [9.17, 15) is 4.79 Å². The minimum atomic E-state index is -0.243. The molecule has 0 saturated carbocycles. The molecule has 0 spiro atoms. The van der Waals surface area contributed by atoms with Gasteiger partial charge in [0.25, 0.3) is 0 Å². The summed E-state index contributed by atoms with van der Waals surface area (Å²) in [6.45, 7) is 5.27. The maximum absolute atomic E-state index is 12.3. The third-order valence-corrected chi connectivity index (χ3v) is 4.11. The summed E-state index contributed by atoms with van der Waals surface area (Å²) in [4.78, 5) is 22.6. The van der Waals surface area contributed by atoms with Crippen molar-refractivity contribution in [2.45, 2.75) is 38.8 Å². The summed E-state index contributed by atoms with van der Waals surface area (Å²) in [5, 5.41) is 6.51. The van der Waals surface area contributed by atoms with Crippen LogP contribution in [0.1, 0.15) is 25.5 Å². The van der Waals surface area contributed by atoms with Crippen LogP contribution in [0.25, 0.3) is 0 Å². The number of anilines is 1. The average molecular weight is 331 g/mol. The molecule has 0 unspecified atom stereocenters. The molecule has 0 radical (unpaired) electrons. The molecule has 0 aromatic carbocycles. The van der Waals surface area contributed by atoms with Crippen molar-refractivity contribution in [3.05, 3.63) is 30.4 Å². The van der Waals surface area contributed by atoms with Gasteiger partial charge in [-0.2, -0.15) is 0 Å². The molecular formula is C16H21N5O3. The van der Waals surface area contributed by atoms with E-state index in [-0.39, 0.29) is 18.1 Å². The Morgan fingerprint density at radius 2 is 2.21 bits per heavy atom. The highest BCUT2D eigenvalue weighted by Crippen LogP contribution is 2.19. The van der Waals surface area contributed by atoms with E-state index in [4.69, 9.17) is 9.26 Å². The maximum Gasteiger partial charge on any atom is 0.243 e. The molecule has 1 N–H and O–H groups in total. The average Bonchev–Trinajstić information content (AvgIpc) is 3.00. The molecule has 128 valence electrons. The molecule has 1 aliphatic heterocycles. The van der Waals surface area contributed by atoms with Crippen LogP contribution in [0.2, 0.25) is 0 Å². The SMILES string of the molecule is Cc1cc(NC(=O)[C@H](C)N2CCC(Oc3cnccn3)CC2)on1. The summed E-state index contributed by atoms with van der Waals surface area (Å²) in [7, 11) is 0. The standard InChI is InChI=1S/C16H21N5O3/c1-11-9-14(24-20-11)19-16(22)12(2)21-7-3-13(4-8-21)23-15-10-17-5-6-18-15/h5-6,9-10,12-13H,3-4,7-8H2,1-2H3,(H,19,22)/t12-/m0/s1. The lowest BCUT2D eigenvalue weighted by Gasteiger charge is -2.34. The van der Waals surface area contributed by atoms with Crippen molar-refractivity contribution in [1.82, 2.24) is 20.0 Å². The summed E-state index contributed by atoms with van der Waals surface area (Å²) in [5.41, 5.74) is 0.736. The van der Waals surface area contributed by atoms with Crippen LogP contribution in [0, 0.1) is 6.92 Å². The van der Waals surface area contributed by atoms with Crippen molar-refractivity contribution >= 4 is 11.8 Å². The Morgan fingerprint density at radius 1 is 1.42 bits per heavy atom. The largest absolute Gasteiger partial charge is 0.473 e. The van der Waals surface area contributed by atoms with Crippen LogP contribution in [0.5, 0.6) is 5.88 Å². The van der Waals surface area contributed by atoms with Crippen molar-refractivity contribution in [3.63, 3.8) is 0 Å².